The van der Waals surface area contributed by atoms with Gasteiger partial charge in [-0.2, -0.15) is 26.3 Å². The summed E-state index contributed by atoms with van der Waals surface area (Å²) in [6.45, 7) is -4.91. The Balaban J connectivity index is 6.58. The fourth-order valence-electron chi connectivity index (χ4n) is 1.48. The van der Waals surface area contributed by atoms with Crippen LogP contribution in [0.2, 0.25) is 6.04 Å². The molecule has 0 aromatic carbocycles. The third-order valence-electron chi connectivity index (χ3n) is 2.58. The fourth-order valence-corrected chi connectivity index (χ4v) is 20.1. The van der Waals surface area contributed by atoms with Crippen molar-refractivity contribution in [1.82, 2.24) is 0 Å². The SMILES string of the molecule is CCCC[Si](O[SiH3])(S(=O)(=O)C(F)(F)F)S(=O)(=O)C(F)(F)F. The van der Waals surface area contributed by atoms with Gasteiger partial charge in [0, 0.05) is 0 Å². The van der Waals surface area contributed by atoms with Crippen LogP contribution in [0.1, 0.15) is 19.8 Å². The van der Waals surface area contributed by atoms with E-state index in [0.29, 0.717) is 0 Å². The quantitative estimate of drug-likeness (QED) is 0.491. The van der Waals surface area contributed by atoms with E-state index in [9.17, 15) is 43.2 Å². The van der Waals surface area contributed by atoms with Crippen LogP contribution in [0.5, 0.6) is 0 Å². The predicted molar refractivity (Wildman–Crippen MR) is 66.4 cm³/mol. The second-order valence-electron chi connectivity index (χ2n) is 3.89. The van der Waals surface area contributed by atoms with E-state index in [1.54, 1.807) is 0 Å². The summed E-state index contributed by atoms with van der Waals surface area (Å²) in [7, 11) is -14.1. The highest BCUT2D eigenvalue weighted by Crippen LogP contribution is 2.43. The lowest BCUT2D eigenvalue weighted by Crippen LogP contribution is -2.62. The Bertz CT molecular complexity index is 521. The number of rotatable bonds is 6. The summed E-state index contributed by atoms with van der Waals surface area (Å²) in [5.41, 5.74) is -12.3. The van der Waals surface area contributed by atoms with Gasteiger partial charge in [-0.1, -0.05) is 19.8 Å². The maximum atomic E-state index is 12.6. The van der Waals surface area contributed by atoms with E-state index in [-0.39, 0.29) is 6.42 Å². The molecule has 0 atom stereocenters. The minimum absolute atomic E-state index is 0.000417. The number of hydrogen-bond acceptors (Lipinski definition) is 5. The molecule has 15 heteroatoms. The van der Waals surface area contributed by atoms with Crippen LogP contribution in [0.25, 0.3) is 0 Å². The molecule has 0 spiro atoms. The molecular formula is C6H12F6O5S2Si2. The van der Waals surface area contributed by atoms with Gasteiger partial charge in [0.2, 0.25) is 0 Å². The summed E-state index contributed by atoms with van der Waals surface area (Å²) in [6.07, 6.45) is -0.459. The van der Waals surface area contributed by atoms with E-state index in [4.69, 9.17) is 0 Å². The minimum atomic E-state index is -6.62. The molecule has 0 aliphatic heterocycles. The van der Waals surface area contributed by atoms with Gasteiger partial charge in [0.15, 0.2) is 0 Å². The van der Waals surface area contributed by atoms with Crippen LogP contribution in [-0.4, -0.2) is 45.0 Å². The summed E-state index contributed by atoms with van der Waals surface area (Å²) in [5.74, 6) is 0. The number of unbranched alkanes of at least 4 members (excludes halogenated alkanes) is 1. The average Bonchev–Trinajstić information content (AvgIpc) is 2.26. The topological polar surface area (TPSA) is 77.5 Å². The molecule has 0 fully saturated rings. The first-order valence-electron chi connectivity index (χ1n) is 5.29. The van der Waals surface area contributed by atoms with Crippen molar-refractivity contribution in [3.63, 3.8) is 0 Å². The molecule has 5 nitrogen and oxygen atoms in total. The van der Waals surface area contributed by atoms with Crippen molar-refractivity contribution in [1.29, 1.82) is 0 Å². The van der Waals surface area contributed by atoms with Gasteiger partial charge in [0.1, 0.15) is 10.5 Å². The molecule has 0 saturated heterocycles. The third kappa shape index (κ3) is 3.30. The van der Waals surface area contributed by atoms with Crippen LogP contribution in [0, 0.1) is 0 Å². The first kappa shape index (κ1) is 20.9. The molecule has 0 rings (SSSR count). The zero-order valence-corrected chi connectivity index (χ0v) is 15.4. The van der Waals surface area contributed by atoms with Crippen molar-refractivity contribution in [2.75, 3.05) is 0 Å². The van der Waals surface area contributed by atoms with Gasteiger partial charge in [-0.25, -0.2) is 16.8 Å². The van der Waals surface area contributed by atoms with Crippen molar-refractivity contribution in [2.24, 2.45) is 0 Å². The molecule has 0 bridgehead atoms. The molecule has 21 heavy (non-hydrogen) atoms. The standard InChI is InChI=1S/C6H12F6O5S2Si2/c1-2-3-4-21(17-20,18(13,14)5(7,8)9)19(15,16)6(10,11)12/h2-4H2,1,20H3. The average molecular weight is 398 g/mol. The van der Waals surface area contributed by atoms with Crippen molar-refractivity contribution >= 4 is 35.7 Å². The van der Waals surface area contributed by atoms with Gasteiger partial charge in [-0.3, -0.25) is 0 Å². The molecule has 128 valence electrons. The van der Waals surface area contributed by atoms with Crippen LogP contribution in [0.3, 0.4) is 0 Å². The monoisotopic (exact) mass is 398 g/mol. The Morgan fingerprint density at radius 3 is 1.48 bits per heavy atom. The van der Waals surface area contributed by atoms with Gasteiger partial charge < -0.3 is 4.12 Å². The molecule has 0 heterocycles. The summed E-state index contributed by atoms with van der Waals surface area (Å²) in [4.78, 5) is 0. The smallest absolute Gasteiger partial charge is 0.442 e. The second-order valence-corrected chi connectivity index (χ2v) is 18.3. The molecule has 0 N–H and O–H groups in total. The van der Waals surface area contributed by atoms with Crippen LogP contribution in [0.4, 0.5) is 26.3 Å². The Morgan fingerprint density at radius 1 is 0.952 bits per heavy atom. The van der Waals surface area contributed by atoms with Gasteiger partial charge in [0.05, 0.1) is 0 Å². The van der Waals surface area contributed by atoms with Crippen molar-refractivity contribution < 1.29 is 47.3 Å². The molecule has 0 saturated carbocycles. The first-order chi connectivity index (χ1) is 9.12. The zero-order valence-electron chi connectivity index (χ0n) is 10.7. The minimum Gasteiger partial charge on any atom is -0.442 e. The Kier molecular flexibility index (Phi) is 6.13. The van der Waals surface area contributed by atoms with E-state index in [2.05, 4.69) is 4.12 Å². The van der Waals surface area contributed by atoms with Crippen LogP contribution in [-0.2, 0) is 22.7 Å². The van der Waals surface area contributed by atoms with E-state index in [0.717, 1.165) is 0 Å². The van der Waals surface area contributed by atoms with Gasteiger partial charge in [0.25, 0.3) is 18.6 Å². The second kappa shape index (κ2) is 6.17. The number of alkyl halides is 6. The largest absolute Gasteiger partial charge is 0.495 e. The first-order valence-corrected chi connectivity index (χ1v) is 12.6. The Hall–Kier alpha value is -0.126. The van der Waals surface area contributed by atoms with Gasteiger partial charge in [-0.05, 0) is 6.04 Å². The lowest BCUT2D eigenvalue weighted by atomic mass is 10.4. The summed E-state index contributed by atoms with van der Waals surface area (Å²) >= 11 is 0. The lowest BCUT2D eigenvalue weighted by molar-refractivity contribution is -0.0431. The van der Waals surface area contributed by atoms with Crippen LogP contribution >= 0.6 is 0 Å². The summed E-state index contributed by atoms with van der Waals surface area (Å²) < 4.78 is 126. The van der Waals surface area contributed by atoms with Crippen molar-refractivity contribution in [3.05, 3.63) is 0 Å². The van der Waals surface area contributed by atoms with Crippen LogP contribution < -0.4 is 0 Å². The summed E-state index contributed by atoms with van der Waals surface area (Å²) in [5, 5.41) is 0. The van der Waals surface area contributed by atoms with E-state index in [1.165, 1.54) is 6.92 Å². The normalized spacial score (nSPS) is 15.4. The highest BCUT2D eigenvalue weighted by atomic mass is 32.6. The zero-order chi connectivity index (χ0) is 17.3. The maximum Gasteiger partial charge on any atom is 0.495 e. The Labute approximate surface area is 120 Å². The molecule has 0 aliphatic rings. The van der Waals surface area contributed by atoms with Crippen molar-refractivity contribution in [2.45, 2.75) is 36.8 Å². The summed E-state index contributed by atoms with van der Waals surface area (Å²) in [6, 6.07) is -1.32. The number of halogens is 6. The third-order valence-corrected chi connectivity index (χ3v) is 23.4. The molecule has 0 aliphatic carbocycles. The van der Waals surface area contributed by atoms with Gasteiger partial charge >= 0.3 is 17.6 Å². The highest BCUT2D eigenvalue weighted by Gasteiger charge is 2.76. The van der Waals surface area contributed by atoms with Crippen LogP contribution in [0.15, 0.2) is 0 Å². The molecule has 0 radical (unpaired) electrons. The highest BCUT2D eigenvalue weighted by molar-refractivity contribution is 8.51. The molecule has 0 aromatic rings. The van der Waals surface area contributed by atoms with Crippen molar-refractivity contribution in [3.8, 4) is 0 Å². The maximum absolute atomic E-state index is 12.6. The lowest BCUT2D eigenvalue weighted by Gasteiger charge is -2.29. The molecule has 0 aromatic heterocycles. The molecule has 0 unspecified atom stereocenters. The van der Waals surface area contributed by atoms with E-state index >= 15 is 0 Å². The van der Waals surface area contributed by atoms with E-state index < -0.39 is 59.2 Å². The van der Waals surface area contributed by atoms with E-state index in [1.807, 2.05) is 0 Å². The fraction of sp³-hybridized carbons (Fsp3) is 1.00. The molecule has 0 amide bonds. The van der Waals surface area contributed by atoms with Gasteiger partial charge in [-0.15, -0.1) is 0 Å². The predicted octanol–water partition coefficient (Wildman–Crippen LogP) is 0.892. The molecular weight excluding hydrogens is 386 g/mol. The number of hydrogen-bond donors (Lipinski definition) is 0. The Morgan fingerprint density at radius 2 is 1.29 bits per heavy atom.